The number of H-pyrrole nitrogens is 1. The number of fused-ring (bicyclic) bond motifs is 1. The van der Waals surface area contributed by atoms with Crippen molar-refractivity contribution >= 4 is 40.8 Å². The first-order valence-corrected chi connectivity index (χ1v) is 14.0. The molecule has 198 valence electrons. The van der Waals surface area contributed by atoms with Crippen molar-refractivity contribution in [3.05, 3.63) is 105 Å². The summed E-state index contributed by atoms with van der Waals surface area (Å²) in [6.07, 6.45) is 9.46. The average molecular weight is 559 g/mol. The minimum Gasteiger partial charge on any atom is -0.367 e. The Bertz CT molecular complexity index is 1580. The normalized spacial score (nSPS) is 17.7. The predicted molar refractivity (Wildman–Crippen MR) is 154 cm³/mol. The number of amides is 1. The second-order valence-electron chi connectivity index (χ2n) is 10.0. The number of benzene rings is 2. The second kappa shape index (κ2) is 10.5. The summed E-state index contributed by atoms with van der Waals surface area (Å²) in [6.45, 7) is 1.78. The van der Waals surface area contributed by atoms with Crippen molar-refractivity contribution in [3.8, 4) is 0 Å². The number of piperidine rings is 1. The van der Waals surface area contributed by atoms with Gasteiger partial charge in [-0.1, -0.05) is 53.7 Å². The number of nitrogens with zero attached hydrogens (tertiary/aromatic N) is 3. The van der Waals surface area contributed by atoms with Crippen molar-refractivity contribution in [1.29, 1.82) is 0 Å². The molecule has 3 heterocycles. The predicted octanol–water partition coefficient (Wildman–Crippen LogP) is 5.06. The van der Waals surface area contributed by atoms with Gasteiger partial charge in [0, 0.05) is 42.5 Å². The lowest BCUT2D eigenvalue weighted by molar-refractivity contribution is 0.102. The van der Waals surface area contributed by atoms with Crippen LogP contribution in [0.4, 0.5) is 11.5 Å². The summed E-state index contributed by atoms with van der Waals surface area (Å²) in [4.78, 5) is 39.6. The van der Waals surface area contributed by atoms with Gasteiger partial charge in [-0.15, -0.1) is 0 Å². The van der Waals surface area contributed by atoms with Crippen LogP contribution in [-0.2, 0) is 6.42 Å². The Kier molecular flexibility index (Phi) is 6.88. The molecule has 4 N–H and O–H groups in total. The molecule has 4 aromatic rings. The van der Waals surface area contributed by atoms with Crippen molar-refractivity contribution in [3.63, 3.8) is 0 Å². The number of aromatic amines is 1. The molecular formula is C29H27ClN6O2S. The number of hydrogen-bond acceptors (Lipinski definition) is 7. The topological polar surface area (TPSA) is 117 Å². The van der Waals surface area contributed by atoms with Crippen molar-refractivity contribution < 1.29 is 4.79 Å². The Morgan fingerprint density at radius 1 is 1.10 bits per heavy atom. The largest absolute Gasteiger partial charge is 0.367 e. The van der Waals surface area contributed by atoms with Gasteiger partial charge in [-0.25, -0.2) is 9.97 Å². The maximum absolute atomic E-state index is 12.6. The Hall–Kier alpha value is -3.66. The lowest BCUT2D eigenvalue weighted by Crippen LogP contribution is -2.44. The summed E-state index contributed by atoms with van der Waals surface area (Å²) < 4.78 is 0. The minimum absolute atomic E-state index is 0.0103. The Morgan fingerprint density at radius 3 is 2.67 bits per heavy atom. The zero-order chi connectivity index (χ0) is 27.0. The zero-order valence-corrected chi connectivity index (χ0v) is 22.6. The third kappa shape index (κ3) is 4.93. The van der Waals surface area contributed by atoms with Crippen LogP contribution in [0.2, 0.25) is 5.02 Å². The molecule has 39 heavy (non-hydrogen) atoms. The molecule has 10 heteroatoms. The Morgan fingerprint density at radius 2 is 1.92 bits per heavy atom. The molecule has 6 rings (SSSR count). The highest BCUT2D eigenvalue weighted by Gasteiger charge is 2.45. The van der Waals surface area contributed by atoms with Crippen LogP contribution in [0.25, 0.3) is 0 Å². The third-order valence-electron chi connectivity index (χ3n) is 7.78. The van der Waals surface area contributed by atoms with Gasteiger partial charge in [0.05, 0.1) is 23.1 Å². The van der Waals surface area contributed by atoms with Gasteiger partial charge in [0.15, 0.2) is 5.43 Å². The number of nitrogens with one attached hydrogen (secondary N) is 2. The molecule has 0 unspecified atom stereocenters. The molecule has 1 atom stereocenters. The molecule has 2 aromatic heterocycles. The maximum Gasteiger partial charge on any atom is 0.261 e. The van der Waals surface area contributed by atoms with E-state index in [0.29, 0.717) is 20.6 Å². The summed E-state index contributed by atoms with van der Waals surface area (Å²) in [6, 6.07) is 15.3. The van der Waals surface area contributed by atoms with Crippen molar-refractivity contribution in [1.82, 2.24) is 15.0 Å². The van der Waals surface area contributed by atoms with Gasteiger partial charge in [-0.2, -0.15) is 0 Å². The van der Waals surface area contributed by atoms with Gasteiger partial charge in [0.2, 0.25) is 0 Å². The average Bonchev–Trinajstić information content (AvgIpc) is 3.22. The van der Waals surface area contributed by atoms with Gasteiger partial charge in [0.1, 0.15) is 16.4 Å². The molecule has 1 saturated heterocycles. The van der Waals surface area contributed by atoms with Gasteiger partial charge in [-0.3, -0.25) is 9.59 Å². The maximum atomic E-state index is 12.6. The van der Waals surface area contributed by atoms with Crippen molar-refractivity contribution in [2.45, 2.75) is 35.2 Å². The quantitative estimate of drug-likeness (QED) is 0.313. The van der Waals surface area contributed by atoms with Crippen LogP contribution < -0.4 is 21.4 Å². The Balaban J connectivity index is 1.10. The molecule has 8 nitrogen and oxygen atoms in total. The van der Waals surface area contributed by atoms with E-state index in [1.54, 1.807) is 24.5 Å². The van der Waals surface area contributed by atoms with E-state index in [1.807, 2.05) is 6.07 Å². The van der Waals surface area contributed by atoms with E-state index in [2.05, 4.69) is 49.4 Å². The van der Waals surface area contributed by atoms with Crippen LogP contribution >= 0.6 is 23.4 Å². The molecule has 2 aliphatic rings. The van der Waals surface area contributed by atoms with Gasteiger partial charge in [0.25, 0.3) is 5.91 Å². The van der Waals surface area contributed by atoms with Crippen LogP contribution in [0.3, 0.4) is 0 Å². The van der Waals surface area contributed by atoms with Crippen LogP contribution in [0.5, 0.6) is 0 Å². The van der Waals surface area contributed by atoms with E-state index in [0.717, 1.165) is 38.2 Å². The smallest absolute Gasteiger partial charge is 0.261 e. The fourth-order valence-electron chi connectivity index (χ4n) is 5.59. The molecule has 1 aliphatic carbocycles. The highest BCUT2D eigenvalue weighted by molar-refractivity contribution is 7.99. The van der Waals surface area contributed by atoms with Crippen LogP contribution in [-0.4, -0.2) is 33.9 Å². The van der Waals surface area contributed by atoms with E-state index >= 15 is 0 Å². The molecule has 2 aromatic carbocycles. The number of hydrogen-bond donors (Lipinski definition) is 3. The molecule has 1 aliphatic heterocycles. The van der Waals surface area contributed by atoms with Crippen LogP contribution in [0.1, 0.15) is 40.4 Å². The fraction of sp³-hybridized carbons (Fsp3) is 0.241. The highest BCUT2D eigenvalue weighted by Crippen LogP contribution is 2.50. The number of pyridine rings is 1. The summed E-state index contributed by atoms with van der Waals surface area (Å²) >= 11 is 7.96. The zero-order valence-electron chi connectivity index (χ0n) is 21.1. The van der Waals surface area contributed by atoms with E-state index in [9.17, 15) is 9.59 Å². The monoisotopic (exact) mass is 558 g/mol. The number of halogens is 1. The van der Waals surface area contributed by atoms with E-state index in [-0.39, 0.29) is 22.4 Å². The molecule has 1 amide bonds. The lowest BCUT2D eigenvalue weighted by atomic mass is 9.73. The van der Waals surface area contributed by atoms with Gasteiger partial charge >= 0.3 is 0 Å². The first kappa shape index (κ1) is 25.6. The Labute approximate surface area is 235 Å². The molecule has 1 fully saturated rings. The second-order valence-corrected chi connectivity index (χ2v) is 11.5. The fourth-order valence-corrected chi connectivity index (χ4v) is 6.67. The molecule has 0 saturated carbocycles. The van der Waals surface area contributed by atoms with Crippen molar-refractivity contribution in [2.24, 2.45) is 11.1 Å². The lowest BCUT2D eigenvalue weighted by Gasteiger charge is -2.42. The third-order valence-corrected chi connectivity index (χ3v) is 9.28. The summed E-state index contributed by atoms with van der Waals surface area (Å²) in [5, 5.41) is 3.77. The van der Waals surface area contributed by atoms with Crippen LogP contribution in [0.15, 0.2) is 88.0 Å². The standard InChI is InChI=1S/C29H27ClN6O2S/c30-26-21(35-28(38)20-15-32-11-8-22(20)37)6-3-7-23(26)39-25-17-33-24(16-34-25)36-12-9-29(10-13-36)14-18-4-1-2-5-19(18)27(29)31/h1-8,11,15-17,27H,9-10,12-14,31H2,(H,32,37)(H,35,38)/t27-/m1/s1. The van der Waals surface area contributed by atoms with Gasteiger partial charge in [-0.05, 0) is 47.9 Å². The first-order chi connectivity index (χ1) is 18.9. The molecule has 0 bridgehead atoms. The molecule has 1 spiro atoms. The van der Waals surface area contributed by atoms with E-state index < -0.39 is 5.91 Å². The van der Waals surface area contributed by atoms with Gasteiger partial charge < -0.3 is 20.9 Å². The number of carbonyl (C=O) groups is 1. The number of aromatic nitrogens is 3. The van der Waals surface area contributed by atoms with E-state index in [1.165, 1.54) is 41.3 Å². The number of nitrogens with two attached hydrogens (primary N) is 1. The summed E-state index contributed by atoms with van der Waals surface area (Å²) in [7, 11) is 0. The molecular weight excluding hydrogens is 532 g/mol. The summed E-state index contributed by atoms with van der Waals surface area (Å²) in [5.41, 5.74) is 9.57. The number of carbonyl (C=O) groups excluding carboxylic acids is 1. The van der Waals surface area contributed by atoms with Crippen molar-refractivity contribution in [2.75, 3.05) is 23.3 Å². The SMILES string of the molecule is N[C@@H]1c2ccccc2CC12CCN(c1cnc(Sc3cccc(NC(=O)c4c[nH]ccc4=O)c3Cl)cn1)CC2. The summed E-state index contributed by atoms with van der Waals surface area (Å²) in [5.74, 6) is 0.314. The minimum atomic E-state index is -0.532. The van der Waals surface area contributed by atoms with Crippen LogP contribution in [0, 0.1) is 5.41 Å². The first-order valence-electron chi connectivity index (χ1n) is 12.8. The number of rotatable bonds is 5. The number of anilines is 2. The van der Waals surface area contributed by atoms with E-state index in [4.69, 9.17) is 17.3 Å². The molecule has 0 radical (unpaired) electrons. The highest BCUT2D eigenvalue weighted by atomic mass is 35.5.